The molecule has 6 nitrogen and oxygen atoms in total. The monoisotopic (exact) mass is 341 g/mol. The number of nitrogens with one attached hydrogen (secondary N) is 1. The van der Waals surface area contributed by atoms with E-state index in [1.807, 2.05) is 26.0 Å². The summed E-state index contributed by atoms with van der Waals surface area (Å²) in [6.07, 6.45) is 2.25. The summed E-state index contributed by atoms with van der Waals surface area (Å²) in [5.74, 6) is 1.19. The molecule has 1 atom stereocenters. The van der Waals surface area contributed by atoms with Crippen molar-refractivity contribution in [3.63, 3.8) is 0 Å². The molecule has 2 rings (SSSR count). The van der Waals surface area contributed by atoms with E-state index in [0.717, 1.165) is 38.2 Å². The number of nitrogens with zero attached hydrogens (tertiary/aromatic N) is 1. The normalized spacial score (nSPS) is 19.9. The van der Waals surface area contributed by atoms with Crippen LogP contribution in [0.2, 0.25) is 0 Å². The molecule has 1 aromatic rings. The van der Waals surface area contributed by atoms with Gasteiger partial charge >= 0.3 is 0 Å². The lowest BCUT2D eigenvalue weighted by molar-refractivity contribution is 0.168. The molecule has 0 bridgehead atoms. The minimum absolute atomic E-state index is 0.161. The van der Waals surface area contributed by atoms with Gasteiger partial charge in [0, 0.05) is 19.6 Å². The maximum atomic E-state index is 11.0. The highest BCUT2D eigenvalue weighted by molar-refractivity contribution is 7.87. The first-order valence-electron chi connectivity index (χ1n) is 8.07. The fraction of sp³-hybridized carbons (Fsp3) is 0.625. The van der Waals surface area contributed by atoms with E-state index in [2.05, 4.69) is 21.8 Å². The maximum Gasteiger partial charge on any atom is 0.274 e. The van der Waals surface area contributed by atoms with Crippen molar-refractivity contribution in [3.8, 4) is 5.75 Å². The van der Waals surface area contributed by atoms with Crippen LogP contribution in [-0.4, -0.2) is 39.1 Å². The molecular weight excluding hydrogens is 314 g/mol. The predicted octanol–water partition coefficient (Wildman–Crippen LogP) is 1.48. The molecule has 1 aromatic carbocycles. The Bertz CT molecular complexity index is 604. The Labute approximate surface area is 139 Å². The topological polar surface area (TPSA) is 84.7 Å². The number of hydrogen-bond acceptors (Lipinski definition) is 4. The second-order valence-corrected chi connectivity index (χ2v) is 7.83. The predicted molar refractivity (Wildman–Crippen MR) is 91.3 cm³/mol. The fourth-order valence-electron chi connectivity index (χ4n) is 2.94. The summed E-state index contributed by atoms with van der Waals surface area (Å²) in [5, 5.41) is 5.00. The van der Waals surface area contributed by atoms with Gasteiger partial charge in [-0.05, 0) is 56.8 Å². The van der Waals surface area contributed by atoms with E-state index in [-0.39, 0.29) is 6.10 Å². The first-order chi connectivity index (χ1) is 10.8. The number of nitrogens with two attached hydrogens (primary N) is 1. The van der Waals surface area contributed by atoms with Crippen molar-refractivity contribution in [1.82, 2.24) is 9.62 Å². The first-order valence-corrected chi connectivity index (χ1v) is 9.62. The Balaban J connectivity index is 1.89. The lowest BCUT2D eigenvalue weighted by Crippen LogP contribution is -2.42. The highest BCUT2D eigenvalue weighted by Crippen LogP contribution is 2.20. The molecule has 0 radical (unpaired) electrons. The molecule has 7 heteroatoms. The molecule has 23 heavy (non-hydrogen) atoms. The van der Waals surface area contributed by atoms with Crippen molar-refractivity contribution in [2.24, 2.45) is 11.1 Å². The molecule has 1 aliphatic rings. The van der Waals surface area contributed by atoms with Crippen molar-refractivity contribution in [2.75, 3.05) is 19.6 Å². The van der Waals surface area contributed by atoms with Crippen LogP contribution in [0.4, 0.5) is 0 Å². The molecule has 0 amide bonds. The molecule has 0 spiro atoms. The third-order valence-electron chi connectivity index (χ3n) is 3.85. The van der Waals surface area contributed by atoms with Crippen LogP contribution in [0.1, 0.15) is 32.3 Å². The van der Waals surface area contributed by atoms with E-state index in [1.54, 1.807) is 0 Å². The van der Waals surface area contributed by atoms with Crippen LogP contribution < -0.4 is 14.6 Å². The van der Waals surface area contributed by atoms with Crippen molar-refractivity contribution in [2.45, 2.75) is 39.3 Å². The van der Waals surface area contributed by atoms with Gasteiger partial charge in [0.2, 0.25) is 0 Å². The molecule has 1 saturated heterocycles. The molecular formula is C16H27N3O3S. The van der Waals surface area contributed by atoms with Crippen LogP contribution in [0.5, 0.6) is 5.75 Å². The summed E-state index contributed by atoms with van der Waals surface area (Å²) in [6, 6.07) is 8.15. The summed E-state index contributed by atoms with van der Waals surface area (Å²) in [5.41, 5.74) is 1.21. The molecule has 1 aliphatic heterocycles. The number of piperidine rings is 1. The zero-order chi connectivity index (χ0) is 16.9. The van der Waals surface area contributed by atoms with Crippen molar-refractivity contribution in [1.29, 1.82) is 0 Å². The Morgan fingerprint density at radius 1 is 1.43 bits per heavy atom. The Hall–Kier alpha value is -1.15. The molecule has 3 N–H and O–H groups in total. The summed E-state index contributed by atoms with van der Waals surface area (Å²) in [4.78, 5) is 2.35. The van der Waals surface area contributed by atoms with Crippen LogP contribution in [0, 0.1) is 5.92 Å². The van der Waals surface area contributed by atoms with E-state index < -0.39 is 10.2 Å². The average molecular weight is 341 g/mol. The minimum Gasteiger partial charge on any atom is -0.491 e. The standard InChI is InChI=1S/C16H27N3O3S/c1-13(2)22-16-7-3-5-14(9-16)11-19-8-4-6-15(12-19)10-18-23(17,20)21/h3,5,7,9,13,15,18H,4,6,8,10-12H2,1-2H3,(H2,17,20,21)/t15-/m0/s1. The maximum absolute atomic E-state index is 11.0. The Kier molecular flexibility index (Phi) is 6.41. The highest BCUT2D eigenvalue weighted by atomic mass is 32.2. The van der Waals surface area contributed by atoms with Gasteiger partial charge in [-0.25, -0.2) is 9.86 Å². The lowest BCUT2D eigenvalue weighted by Gasteiger charge is -2.32. The number of likely N-dealkylation sites (tertiary alicyclic amines) is 1. The number of benzene rings is 1. The quantitative estimate of drug-likeness (QED) is 0.787. The van der Waals surface area contributed by atoms with E-state index in [0.29, 0.717) is 12.5 Å². The third-order valence-corrected chi connectivity index (χ3v) is 4.42. The molecule has 0 aliphatic carbocycles. The molecule has 1 fully saturated rings. The third kappa shape index (κ3) is 6.87. The van der Waals surface area contributed by atoms with Gasteiger partial charge in [0.25, 0.3) is 10.2 Å². The molecule has 0 saturated carbocycles. The van der Waals surface area contributed by atoms with Crippen LogP contribution in [0.25, 0.3) is 0 Å². The van der Waals surface area contributed by atoms with Gasteiger partial charge < -0.3 is 4.74 Å². The smallest absolute Gasteiger partial charge is 0.274 e. The summed E-state index contributed by atoms with van der Waals surface area (Å²) in [7, 11) is -3.60. The fourth-order valence-corrected chi connectivity index (χ4v) is 3.41. The van der Waals surface area contributed by atoms with E-state index >= 15 is 0 Å². The van der Waals surface area contributed by atoms with Crippen LogP contribution >= 0.6 is 0 Å². The van der Waals surface area contributed by atoms with Gasteiger partial charge in [-0.15, -0.1) is 0 Å². The second-order valence-electron chi connectivity index (χ2n) is 6.45. The van der Waals surface area contributed by atoms with Gasteiger partial charge in [0.05, 0.1) is 6.10 Å². The van der Waals surface area contributed by atoms with Gasteiger partial charge in [-0.3, -0.25) is 4.90 Å². The SMILES string of the molecule is CC(C)Oc1cccc(CN2CCC[C@@H](CNS(N)(=O)=O)C2)c1. The van der Waals surface area contributed by atoms with Gasteiger partial charge in [0.15, 0.2) is 0 Å². The van der Waals surface area contributed by atoms with E-state index in [1.165, 1.54) is 5.56 Å². The molecule has 0 unspecified atom stereocenters. The Morgan fingerprint density at radius 3 is 2.91 bits per heavy atom. The molecule has 1 heterocycles. The van der Waals surface area contributed by atoms with Gasteiger partial charge in [0.1, 0.15) is 5.75 Å². The van der Waals surface area contributed by atoms with Crippen LogP contribution in [-0.2, 0) is 16.8 Å². The minimum atomic E-state index is -3.60. The van der Waals surface area contributed by atoms with Crippen molar-refractivity contribution in [3.05, 3.63) is 29.8 Å². The average Bonchev–Trinajstić information content (AvgIpc) is 2.44. The summed E-state index contributed by atoms with van der Waals surface area (Å²) < 4.78 is 30.2. The van der Waals surface area contributed by atoms with Crippen molar-refractivity contribution >= 4 is 10.2 Å². The van der Waals surface area contributed by atoms with Gasteiger partial charge in [-0.2, -0.15) is 8.42 Å². The zero-order valence-electron chi connectivity index (χ0n) is 13.9. The first kappa shape index (κ1) is 18.2. The second kappa shape index (κ2) is 8.10. The highest BCUT2D eigenvalue weighted by Gasteiger charge is 2.21. The number of ether oxygens (including phenoxy) is 1. The lowest BCUT2D eigenvalue weighted by atomic mass is 9.98. The van der Waals surface area contributed by atoms with Gasteiger partial charge in [-0.1, -0.05) is 12.1 Å². The van der Waals surface area contributed by atoms with Crippen LogP contribution in [0.3, 0.4) is 0 Å². The zero-order valence-corrected chi connectivity index (χ0v) is 14.7. The largest absolute Gasteiger partial charge is 0.491 e. The summed E-state index contributed by atoms with van der Waals surface area (Å²) in [6.45, 7) is 7.19. The molecule has 130 valence electrons. The summed E-state index contributed by atoms with van der Waals surface area (Å²) >= 11 is 0. The number of rotatable bonds is 7. The van der Waals surface area contributed by atoms with E-state index in [9.17, 15) is 8.42 Å². The number of hydrogen-bond donors (Lipinski definition) is 2. The molecule has 0 aromatic heterocycles. The Morgan fingerprint density at radius 2 is 2.22 bits per heavy atom. The van der Waals surface area contributed by atoms with Crippen molar-refractivity contribution < 1.29 is 13.2 Å². The van der Waals surface area contributed by atoms with Crippen LogP contribution in [0.15, 0.2) is 24.3 Å². The van der Waals surface area contributed by atoms with E-state index in [4.69, 9.17) is 9.88 Å².